The molecule has 0 aliphatic carbocycles. The number of benzene rings is 2. The molecule has 2 aromatic rings. The van der Waals surface area contributed by atoms with Crippen molar-refractivity contribution in [2.24, 2.45) is 0 Å². The largest absolute Gasteiger partial charge is 0.352 e. The molecule has 30 heavy (non-hydrogen) atoms. The molecular formula is C13H10N8O9. The van der Waals surface area contributed by atoms with E-state index in [4.69, 9.17) is 0 Å². The zero-order valence-electron chi connectivity index (χ0n) is 14.4. The Morgan fingerprint density at radius 3 is 1.30 bits per heavy atom. The Labute approximate surface area is 164 Å². The molecule has 0 heterocycles. The van der Waals surface area contributed by atoms with Gasteiger partial charge in [-0.05, 0) is 12.1 Å². The summed E-state index contributed by atoms with van der Waals surface area (Å²) in [6.07, 6.45) is 0. The van der Waals surface area contributed by atoms with E-state index >= 15 is 0 Å². The fourth-order valence-corrected chi connectivity index (χ4v) is 2.06. The van der Waals surface area contributed by atoms with Crippen LogP contribution in [0.25, 0.3) is 0 Å². The van der Waals surface area contributed by atoms with Crippen molar-refractivity contribution in [2.75, 3.05) is 10.9 Å². The van der Waals surface area contributed by atoms with Crippen LogP contribution in [0.4, 0.5) is 38.9 Å². The maximum Gasteiger partial charge on any atom is 0.352 e. The van der Waals surface area contributed by atoms with Gasteiger partial charge in [-0.15, -0.1) is 0 Å². The second-order valence-corrected chi connectivity index (χ2v) is 5.26. The van der Waals surface area contributed by atoms with E-state index in [0.717, 1.165) is 24.3 Å². The third-order valence-corrected chi connectivity index (χ3v) is 3.40. The second kappa shape index (κ2) is 8.73. The summed E-state index contributed by atoms with van der Waals surface area (Å²) < 4.78 is 0. The highest BCUT2D eigenvalue weighted by molar-refractivity contribution is 5.79. The minimum atomic E-state index is -1.06. The van der Waals surface area contributed by atoms with E-state index in [1.54, 1.807) is 0 Å². The third-order valence-electron chi connectivity index (χ3n) is 3.40. The van der Waals surface area contributed by atoms with Gasteiger partial charge in [0.2, 0.25) is 0 Å². The number of nitro benzene ring substituents is 4. The number of nitrogens with one attached hydrogen (secondary N) is 4. The second-order valence-electron chi connectivity index (χ2n) is 5.26. The van der Waals surface area contributed by atoms with E-state index in [9.17, 15) is 45.3 Å². The Bertz CT molecular complexity index is 975. The number of carbonyl (C=O) groups is 1. The molecule has 0 aliphatic heterocycles. The molecule has 0 unspecified atom stereocenters. The lowest BCUT2D eigenvalue weighted by molar-refractivity contribution is -0.393. The van der Waals surface area contributed by atoms with Crippen LogP contribution in [0.3, 0.4) is 0 Å². The quantitative estimate of drug-likeness (QED) is 0.354. The van der Waals surface area contributed by atoms with Crippen LogP contribution in [0, 0.1) is 40.5 Å². The van der Waals surface area contributed by atoms with Gasteiger partial charge in [0.1, 0.15) is 11.4 Å². The fraction of sp³-hybridized carbons (Fsp3) is 0. The van der Waals surface area contributed by atoms with Gasteiger partial charge in [0.05, 0.1) is 31.8 Å². The number of anilines is 2. The number of nitrogens with zero attached hydrogens (tertiary/aromatic N) is 4. The van der Waals surface area contributed by atoms with Crippen LogP contribution >= 0.6 is 0 Å². The third kappa shape index (κ3) is 5.00. The van der Waals surface area contributed by atoms with E-state index in [-0.39, 0.29) is 11.4 Å². The lowest BCUT2D eigenvalue weighted by Crippen LogP contribution is -2.42. The summed E-state index contributed by atoms with van der Waals surface area (Å²) in [6.45, 7) is 0. The monoisotopic (exact) mass is 422 g/mol. The standard InChI is InChI=1S/C13H10N8O9/c22-13(16-14-9-3-1-7(18(23)24)5-11(9)20(27)28)17-15-10-4-2-8(19(25)26)6-12(10)21(29)30/h1-6,14-15H,(H2,16,17,22). The molecular weight excluding hydrogens is 412 g/mol. The molecule has 156 valence electrons. The number of hydrogen-bond acceptors (Lipinski definition) is 11. The molecule has 0 aromatic heterocycles. The normalized spacial score (nSPS) is 9.87. The summed E-state index contributed by atoms with van der Waals surface area (Å²) in [7, 11) is 0. The molecule has 4 N–H and O–H groups in total. The molecule has 0 radical (unpaired) electrons. The summed E-state index contributed by atoms with van der Waals surface area (Å²) in [5.41, 5.74) is 5.28. The Balaban J connectivity index is 2.06. The van der Waals surface area contributed by atoms with Gasteiger partial charge >= 0.3 is 17.4 Å². The number of nitro groups is 4. The van der Waals surface area contributed by atoms with Crippen LogP contribution in [0.1, 0.15) is 0 Å². The topological polar surface area (TPSA) is 238 Å². The van der Waals surface area contributed by atoms with Crippen molar-refractivity contribution in [2.45, 2.75) is 0 Å². The maximum absolute atomic E-state index is 11.8. The average molecular weight is 422 g/mol. The van der Waals surface area contributed by atoms with E-state index in [2.05, 4.69) is 10.9 Å². The predicted molar refractivity (Wildman–Crippen MR) is 98.4 cm³/mol. The molecule has 0 bridgehead atoms. The lowest BCUT2D eigenvalue weighted by atomic mass is 10.2. The molecule has 0 fully saturated rings. The Kier molecular flexibility index (Phi) is 6.17. The van der Waals surface area contributed by atoms with Crippen LogP contribution in [-0.2, 0) is 0 Å². The van der Waals surface area contributed by atoms with Gasteiger partial charge in [-0.1, -0.05) is 0 Å². The van der Waals surface area contributed by atoms with Crippen LogP contribution < -0.4 is 21.7 Å². The molecule has 2 rings (SSSR count). The molecule has 0 saturated heterocycles. The van der Waals surface area contributed by atoms with E-state index in [0.29, 0.717) is 12.1 Å². The first-order valence-corrected chi connectivity index (χ1v) is 7.54. The van der Waals surface area contributed by atoms with Crippen LogP contribution in [0.2, 0.25) is 0 Å². The number of hydrogen-bond donors (Lipinski definition) is 4. The highest BCUT2D eigenvalue weighted by Crippen LogP contribution is 2.29. The minimum absolute atomic E-state index is 0.276. The molecule has 2 aromatic carbocycles. The SMILES string of the molecule is O=C(NNc1ccc([N+](=O)[O-])cc1[N+](=O)[O-])NNc1ccc([N+](=O)[O-])cc1[N+](=O)[O-]. The molecule has 0 saturated carbocycles. The number of carbonyl (C=O) groups excluding carboxylic acids is 1. The zero-order chi connectivity index (χ0) is 22.4. The van der Waals surface area contributed by atoms with Crippen molar-refractivity contribution >= 4 is 40.2 Å². The number of non-ortho nitro benzene ring substituents is 2. The van der Waals surface area contributed by atoms with Crippen LogP contribution in [-0.4, -0.2) is 25.7 Å². The Morgan fingerprint density at radius 1 is 0.633 bits per heavy atom. The Hall–Kier alpha value is -5.09. The minimum Gasteiger partial charge on any atom is -0.291 e. The van der Waals surface area contributed by atoms with Crippen molar-refractivity contribution in [3.8, 4) is 0 Å². The first-order chi connectivity index (χ1) is 14.1. The van der Waals surface area contributed by atoms with E-state index in [1.807, 2.05) is 10.9 Å². The first-order valence-electron chi connectivity index (χ1n) is 7.54. The van der Waals surface area contributed by atoms with Gasteiger partial charge in [0, 0.05) is 12.1 Å². The lowest BCUT2D eigenvalue weighted by Gasteiger charge is -2.11. The van der Waals surface area contributed by atoms with Crippen molar-refractivity contribution in [1.29, 1.82) is 0 Å². The number of rotatable bonds is 8. The highest BCUT2D eigenvalue weighted by Gasteiger charge is 2.21. The van der Waals surface area contributed by atoms with Gasteiger partial charge in [0.15, 0.2) is 0 Å². The summed E-state index contributed by atoms with van der Waals surface area (Å²) in [5, 5.41) is 43.4. The average Bonchev–Trinajstić information content (AvgIpc) is 2.69. The molecule has 0 atom stereocenters. The predicted octanol–water partition coefficient (Wildman–Crippen LogP) is 1.97. The fourth-order valence-electron chi connectivity index (χ4n) is 2.06. The molecule has 0 aliphatic rings. The van der Waals surface area contributed by atoms with Gasteiger partial charge in [-0.25, -0.2) is 15.6 Å². The molecule has 0 spiro atoms. The van der Waals surface area contributed by atoms with Crippen molar-refractivity contribution < 1.29 is 24.5 Å². The summed E-state index contributed by atoms with van der Waals surface area (Å²) >= 11 is 0. The number of amides is 2. The zero-order valence-corrected chi connectivity index (χ0v) is 14.4. The summed E-state index contributed by atoms with van der Waals surface area (Å²) in [4.78, 5) is 51.7. The van der Waals surface area contributed by atoms with Gasteiger partial charge in [-0.2, -0.15) is 0 Å². The van der Waals surface area contributed by atoms with Crippen molar-refractivity contribution in [1.82, 2.24) is 10.9 Å². The van der Waals surface area contributed by atoms with Crippen LogP contribution in [0.5, 0.6) is 0 Å². The molecule has 17 nitrogen and oxygen atoms in total. The molecule has 2 amide bonds. The van der Waals surface area contributed by atoms with Gasteiger partial charge in [-0.3, -0.25) is 51.3 Å². The van der Waals surface area contributed by atoms with Gasteiger partial charge in [0.25, 0.3) is 11.4 Å². The van der Waals surface area contributed by atoms with Crippen LogP contribution in [0.15, 0.2) is 36.4 Å². The molecule has 17 heteroatoms. The van der Waals surface area contributed by atoms with Crippen molar-refractivity contribution in [3.63, 3.8) is 0 Å². The number of hydrazine groups is 2. The number of urea groups is 1. The maximum atomic E-state index is 11.8. The van der Waals surface area contributed by atoms with Crippen molar-refractivity contribution in [3.05, 3.63) is 76.9 Å². The van der Waals surface area contributed by atoms with E-state index in [1.165, 1.54) is 0 Å². The summed E-state index contributed by atoms with van der Waals surface area (Å²) in [6, 6.07) is 4.22. The Morgan fingerprint density at radius 2 is 1.00 bits per heavy atom. The smallest absolute Gasteiger partial charge is 0.291 e. The first kappa shape index (κ1) is 21.2. The van der Waals surface area contributed by atoms with E-state index < -0.39 is 48.5 Å². The van der Waals surface area contributed by atoms with Gasteiger partial charge < -0.3 is 0 Å². The summed E-state index contributed by atoms with van der Waals surface area (Å²) in [5.74, 6) is 0. The highest BCUT2D eigenvalue weighted by atomic mass is 16.6.